The van der Waals surface area contributed by atoms with E-state index < -0.39 is 6.16 Å². The van der Waals surface area contributed by atoms with Gasteiger partial charge in [-0.1, -0.05) is 40.0 Å². The van der Waals surface area contributed by atoms with Gasteiger partial charge < -0.3 is 16.0 Å². The Balaban J connectivity index is 0. The van der Waals surface area contributed by atoms with Crippen LogP contribution in [0, 0.1) is 5.41 Å². The van der Waals surface area contributed by atoms with Crippen molar-refractivity contribution in [2.24, 2.45) is 5.41 Å². The summed E-state index contributed by atoms with van der Waals surface area (Å²) >= 11 is 0. The van der Waals surface area contributed by atoms with Crippen molar-refractivity contribution in [3.63, 3.8) is 0 Å². The largest absolute Gasteiger partial charge is 0.505 e. The van der Waals surface area contributed by atoms with Gasteiger partial charge >= 0.3 is 6.16 Å². The van der Waals surface area contributed by atoms with Crippen molar-refractivity contribution in [1.82, 2.24) is 6.15 Å². The molecule has 0 aliphatic rings. The quantitative estimate of drug-likeness (QED) is 0.651. The third-order valence-corrected chi connectivity index (χ3v) is 3.11. The molecule has 0 radical (unpaired) electrons. The van der Waals surface area contributed by atoms with E-state index in [1.165, 1.54) is 0 Å². The molecule has 86 valence electrons. The summed E-state index contributed by atoms with van der Waals surface area (Å²) in [6.07, 6.45) is 2.93. The van der Waals surface area contributed by atoms with Crippen LogP contribution in [0.2, 0.25) is 0 Å². The summed E-state index contributed by atoms with van der Waals surface area (Å²) in [4.78, 5) is 10.1. The summed E-state index contributed by atoms with van der Waals surface area (Å²) in [5.41, 5.74) is 0.273. The highest BCUT2D eigenvalue weighted by Gasteiger charge is 2.23. The fraction of sp³-hybridized carbons (Fsp3) is 0.900. The van der Waals surface area contributed by atoms with E-state index in [1.54, 1.807) is 0 Å². The second-order valence-corrected chi connectivity index (χ2v) is 3.43. The SMILES string of the molecule is CCC(CC)(CC)CCOC(=O)O.N. The monoisotopic (exact) mass is 205 g/mol. The maximum absolute atomic E-state index is 10.1. The number of carboxylic acid groups (broad SMARTS) is 1. The molecule has 0 amide bonds. The summed E-state index contributed by atoms with van der Waals surface area (Å²) in [5.74, 6) is 0. The van der Waals surface area contributed by atoms with Gasteiger partial charge in [0, 0.05) is 0 Å². The van der Waals surface area contributed by atoms with Crippen molar-refractivity contribution >= 4 is 6.16 Å². The Morgan fingerprint density at radius 2 is 1.64 bits per heavy atom. The smallest absolute Gasteiger partial charge is 0.450 e. The molecule has 0 unspecified atom stereocenters. The lowest BCUT2D eigenvalue weighted by Crippen LogP contribution is -2.20. The van der Waals surface area contributed by atoms with Gasteiger partial charge in [0.2, 0.25) is 0 Å². The van der Waals surface area contributed by atoms with E-state index in [4.69, 9.17) is 5.11 Å². The number of rotatable bonds is 6. The van der Waals surface area contributed by atoms with Gasteiger partial charge in [0.05, 0.1) is 6.61 Å². The Bertz CT molecular complexity index is 147. The summed E-state index contributed by atoms with van der Waals surface area (Å²) < 4.78 is 4.52. The molecule has 0 aromatic rings. The van der Waals surface area contributed by atoms with Gasteiger partial charge in [0.1, 0.15) is 0 Å². The highest BCUT2D eigenvalue weighted by Crippen LogP contribution is 2.33. The fourth-order valence-corrected chi connectivity index (χ4v) is 1.64. The number of hydrogen-bond acceptors (Lipinski definition) is 3. The Labute approximate surface area is 86.2 Å². The van der Waals surface area contributed by atoms with Crippen LogP contribution in [0.5, 0.6) is 0 Å². The zero-order chi connectivity index (χ0) is 10.3. The highest BCUT2D eigenvalue weighted by atomic mass is 16.7. The van der Waals surface area contributed by atoms with Crippen molar-refractivity contribution in [1.29, 1.82) is 0 Å². The Morgan fingerprint density at radius 1 is 1.21 bits per heavy atom. The van der Waals surface area contributed by atoms with E-state index >= 15 is 0 Å². The molecule has 4 heteroatoms. The second kappa shape index (κ2) is 7.62. The molecule has 0 spiro atoms. The first-order chi connectivity index (χ1) is 6.10. The lowest BCUT2D eigenvalue weighted by molar-refractivity contribution is 0.0722. The third-order valence-electron chi connectivity index (χ3n) is 3.11. The Hall–Kier alpha value is -0.770. The molecule has 0 rings (SSSR count). The zero-order valence-corrected chi connectivity index (χ0v) is 9.51. The molecule has 0 fully saturated rings. The van der Waals surface area contributed by atoms with Gasteiger partial charge in [-0.25, -0.2) is 4.79 Å². The van der Waals surface area contributed by atoms with Crippen molar-refractivity contribution in [2.45, 2.75) is 46.5 Å². The molecule has 14 heavy (non-hydrogen) atoms. The third kappa shape index (κ3) is 5.07. The van der Waals surface area contributed by atoms with E-state index in [-0.39, 0.29) is 11.6 Å². The van der Waals surface area contributed by atoms with Crippen LogP contribution < -0.4 is 6.15 Å². The lowest BCUT2D eigenvalue weighted by atomic mass is 9.77. The predicted octanol–water partition coefficient (Wildman–Crippen LogP) is 3.45. The molecule has 0 aromatic carbocycles. The Kier molecular flexibility index (Phi) is 8.54. The first-order valence-corrected chi connectivity index (χ1v) is 4.96. The van der Waals surface area contributed by atoms with Crippen LogP contribution in [0.3, 0.4) is 0 Å². The predicted molar refractivity (Wildman–Crippen MR) is 56.9 cm³/mol. The summed E-state index contributed by atoms with van der Waals surface area (Å²) in [5, 5.41) is 8.31. The first-order valence-electron chi connectivity index (χ1n) is 4.96. The minimum atomic E-state index is -1.17. The molecule has 0 aliphatic heterocycles. The van der Waals surface area contributed by atoms with Crippen LogP contribution in [0.25, 0.3) is 0 Å². The standard InChI is InChI=1S/C10H20O3.H3N/c1-4-10(5-2,6-3)7-8-13-9(11)12;/h4-8H2,1-3H3,(H,11,12);1H3. The van der Waals surface area contributed by atoms with Gasteiger partial charge in [-0.05, 0) is 11.8 Å². The number of ether oxygens (including phenoxy) is 1. The van der Waals surface area contributed by atoms with Gasteiger partial charge in [-0.15, -0.1) is 0 Å². The van der Waals surface area contributed by atoms with E-state index in [0.717, 1.165) is 25.7 Å². The van der Waals surface area contributed by atoms with Gasteiger partial charge in [0.15, 0.2) is 0 Å². The number of hydrogen-bond donors (Lipinski definition) is 2. The van der Waals surface area contributed by atoms with Crippen LogP contribution in [-0.4, -0.2) is 17.9 Å². The molecule has 0 atom stereocenters. The summed E-state index contributed by atoms with van der Waals surface area (Å²) in [7, 11) is 0. The average Bonchev–Trinajstić information content (AvgIpc) is 2.13. The van der Waals surface area contributed by atoms with Crippen LogP contribution >= 0.6 is 0 Å². The van der Waals surface area contributed by atoms with E-state index in [1.807, 2.05) is 0 Å². The van der Waals surface area contributed by atoms with Gasteiger partial charge in [0.25, 0.3) is 0 Å². The van der Waals surface area contributed by atoms with Crippen LogP contribution in [0.4, 0.5) is 4.79 Å². The molecule has 0 saturated heterocycles. The Morgan fingerprint density at radius 3 is 1.93 bits per heavy atom. The highest BCUT2D eigenvalue weighted by molar-refractivity contribution is 5.56. The second-order valence-electron chi connectivity index (χ2n) is 3.43. The van der Waals surface area contributed by atoms with Crippen LogP contribution in [0.15, 0.2) is 0 Å². The zero-order valence-electron chi connectivity index (χ0n) is 9.51. The molecular formula is C10H23NO3. The van der Waals surface area contributed by atoms with Crippen molar-refractivity contribution in [2.75, 3.05) is 6.61 Å². The molecule has 0 aliphatic carbocycles. The molecule has 0 aromatic heterocycles. The van der Waals surface area contributed by atoms with Crippen molar-refractivity contribution in [3.05, 3.63) is 0 Å². The van der Waals surface area contributed by atoms with E-state index in [0.29, 0.717) is 6.61 Å². The maximum Gasteiger partial charge on any atom is 0.505 e. The average molecular weight is 205 g/mol. The molecule has 0 bridgehead atoms. The van der Waals surface area contributed by atoms with E-state index in [2.05, 4.69) is 25.5 Å². The molecule has 0 heterocycles. The molecule has 4 nitrogen and oxygen atoms in total. The maximum atomic E-state index is 10.1. The van der Waals surface area contributed by atoms with Crippen molar-refractivity contribution < 1.29 is 14.6 Å². The van der Waals surface area contributed by atoms with Crippen LogP contribution in [0.1, 0.15) is 46.5 Å². The summed E-state index contributed by atoms with van der Waals surface area (Å²) in [6.45, 7) is 6.76. The fourth-order valence-electron chi connectivity index (χ4n) is 1.64. The van der Waals surface area contributed by atoms with Gasteiger partial charge in [-0.2, -0.15) is 0 Å². The minimum Gasteiger partial charge on any atom is -0.450 e. The number of carbonyl (C=O) groups is 1. The molecular weight excluding hydrogens is 182 g/mol. The lowest BCUT2D eigenvalue weighted by Gasteiger charge is -2.29. The normalized spacial score (nSPS) is 10.5. The van der Waals surface area contributed by atoms with Gasteiger partial charge in [-0.3, -0.25) is 0 Å². The summed E-state index contributed by atoms with van der Waals surface area (Å²) in [6, 6.07) is 0. The molecule has 4 N–H and O–H groups in total. The first kappa shape index (κ1) is 15.7. The topological polar surface area (TPSA) is 81.5 Å². The van der Waals surface area contributed by atoms with Crippen molar-refractivity contribution in [3.8, 4) is 0 Å². The van der Waals surface area contributed by atoms with Crippen LogP contribution in [-0.2, 0) is 4.74 Å². The van der Waals surface area contributed by atoms with E-state index in [9.17, 15) is 4.79 Å². The minimum absolute atomic E-state index is 0. The molecule has 0 saturated carbocycles.